The van der Waals surface area contributed by atoms with Crippen molar-refractivity contribution in [2.24, 2.45) is 0 Å². The Morgan fingerprint density at radius 2 is 1.95 bits per heavy atom. The first-order valence-corrected chi connectivity index (χ1v) is 9.00. The lowest BCUT2D eigenvalue weighted by molar-refractivity contribution is 0.526. The molecule has 0 amide bonds. The van der Waals surface area contributed by atoms with Gasteiger partial charge in [0.2, 0.25) is 0 Å². The molecule has 21 heavy (non-hydrogen) atoms. The molecule has 1 N–H and O–H groups in total. The second kappa shape index (κ2) is 8.06. The molecule has 0 spiro atoms. The normalized spacial score (nSPS) is 12.6. The zero-order chi connectivity index (χ0) is 15.2. The third-order valence-corrected chi connectivity index (χ3v) is 5.35. The van der Waals surface area contributed by atoms with Gasteiger partial charge in [-0.2, -0.15) is 0 Å². The number of aryl methyl sites for hydroxylation is 1. The Kier molecular flexibility index (Phi) is 6.40. The van der Waals surface area contributed by atoms with E-state index in [1.165, 1.54) is 9.75 Å². The zero-order valence-electron chi connectivity index (χ0n) is 12.5. The summed E-state index contributed by atoms with van der Waals surface area (Å²) in [6, 6.07) is 9.96. The quantitative estimate of drug-likeness (QED) is 0.679. The second-order valence-electron chi connectivity index (χ2n) is 5.11. The van der Waals surface area contributed by atoms with E-state index in [0.29, 0.717) is 4.47 Å². The van der Waals surface area contributed by atoms with Crippen LogP contribution < -0.4 is 5.32 Å². The average Bonchev–Trinajstić information content (AvgIpc) is 2.94. The summed E-state index contributed by atoms with van der Waals surface area (Å²) in [4.78, 5) is 2.75. The smallest absolute Gasteiger partial charge is 0.137 e. The van der Waals surface area contributed by atoms with E-state index in [1.54, 1.807) is 12.1 Å². The first-order valence-electron chi connectivity index (χ1n) is 7.40. The molecule has 0 aliphatic rings. The lowest BCUT2D eigenvalue weighted by Gasteiger charge is -2.18. The molecule has 0 radical (unpaired) electrons. The van der Waals surface area contributed by atoms with Crippen molar-refractivity contribution < 1.29 is 4.39 Å². The first-order chi connectivity index (χ1) is 10.1. The predicted molar refractivity (Wildman–Crippen MR) is 92.5 cm³/mol. The molecule has 1 aromatic heterocycles. The van der Waals surface area contributed by atoms with Gasteiger partial charge in [0.05, 0.1) is 4.47 Å². The largest absolute Gasteiger partial charge is 0.310 e. The summed E-state index contributed by atoms with van der Waals surface area (Å²) < 4.78 is 14.3. The Hall–Kier alpha value is -0.710. The molecule has 0 aliphatic carbocycles. The van der Waals surface area contributed by atoms with Crippen LogP contribution in [-0.4, -0.2) is 6.54 Å². The van der Waals surface area contributed by atoms with Crippen molar-refractivity contribution in [2.75, 3.05) is 6.54 Å². The van der Waals surface area contributed by atoms with E-state index in [0.717, 1.165) is 31.4 Å². The standard InChI is InChI=1S/C17H21BrFNS/c1-3-9-20-17(11-14-7-6-13(4-2)21-14)12-5-8-15(18)16(19)10-12/h5-8,10,17,20H,3-4,9,11H2,1-2H3. The van der Waals surface area contributed by atoms with Crippen LogP contribution in [0.5, 0.6) is 0 Å². The monoisotopic (exact) mass is 369 g/mol. The second-order valence-corrected chi connectivity index (χ2v) is 7.21. The lowest BCUT2D eigenvalue weighted by Crippen LogP contribution is -2.24. The third-order valence-electron chi connectivity index (χ3n) is 3.46. The number of hydrogen-bond donors (Lipinski definition) is 1. The molecule has 0 saturated heterocycles. The van der Waals surface area contributed by atoms with Gasteiger partial charge in [0.1, 0.15) is 5.82 Å². The van der Waals surface area contributed by atoms with Crippen molar-refractivity contribution >= 4 is 27.3 Å². The highest BCUT2D eigenvalue weighted by Gasteiger charge is 2.14. The van der Waals surface area contributed by atoms with Crippen molar-refractivity contribution in [1.29, 1.82) is 0 Å². The number of hydrogen-bond acceptors (Lipinski definition) is 2. The maximum Gasteiger partial charge on any atom is 0.137 e. The van der Waals surface area contributed by atoms with Crippen molar-refractivity contribution in [3.05, 3.63) is 55.9 Å². The van der Waals surface area contributed by atoms with Crippen LogP contribution in [0.1, 0.15) is 41.6 Å². The van der Waals surface area contributed by atoms with Gasteiger partial charge in [-0.05, 0) is 65.1 Å². The van der Waals surface area contributed by atoms with Gasteiger partial charge >= 0.3 is 0 Å². The van der Waals surface area contributed by atoms with Crippen LogP contribution in [0.15, 0.2) is 34.8 Å². The van der Waals surface area contributed by atoms with Crippen molar-refractivity contribution in [1.82, 2.24) is 5.32 Å². The van der Waals surface area contributed by atoms with E-state index in [9.17, 15) is 4.39 Å². The molecular weight excluding hydrogens is 349 g/mol. The number of thiophene rings is 1. The SMILES string of the molecule is CCCNC(Cc1ccc(CC)s1)c1ccc(Br)c(F)c1. The van der Waals surface area contributed by atoms with Crippen molar-refractivity contribution in [2.45, 2.75) is 39.2 Å². The van der Waals surface area contributed by atoms with Gasteiger partial charge in [0.25, 0.3) is 0 Å². The molecule has 0 saturated carbocycles. The maximum atomic E-state index is 13.8. The Morgan fingerprint density at radius 1 is 1.19 bits per heavy atom. The van der Waals surface area contributed by atoms with Gasteiger partial charge in [0.15, 0.2) is 0 Å². The summed E-state index contributed by atoms with van der Waals surface area (Å²) in [6.07, 6.45) is 3.05. The zero-order valence-corrected chi connectivity index (χ0v) is 14.9. The highest BCUT2D eigenvalue weighted by Crippen LogP contribution is 2.26. The summed E-state index contributed by atoms with van der Waals surface area (Å²) >= 11 is 5.07. The molecule has 1 nitrogen and oxygen atoms in total. The van der Waals surface area contributed by atoms with Gasteiger partial charge in [-0.1, -0.05) is 19.9 Å². The minimum Gasteiger partial charge on any atom is -0.310 e. The molecule has 1 aromatic carbocycles. The highest BCUT2D eigenvalue weighted by atomic mass is 79.9. The van der Waals surface area contributed by atoms with Crippen LogP contribution in [0.2, 0.25) is 0 Å². The molecular formula is C17H21BrFNS. The van der Waals surface area contributed by atoms with E-state index in [2.05, 4.69) is 47.2 Å². The number of benzene rings is 1. The molecule has 0 aliphatic heterocycles. The topological polar surface area (TPSA) is 12.0 Å². The molecule has 2 rings (SSSR count). The van der Waals surface area contributed by atoms with Crippen LogP contribution in [0, 0.1) is 5.82 Å². The summed E-state index contributed by atoms with van der Waals surface area (Å²) in [5.41, 5.74) is 1.01. The highest BCUT2D eigenvalue weighted by molar-refractivity contribution is 9.10. The molecule has 0 bridgehead atoms. The third kappa shape index (κ3) is 4.63. The first kappa shape index (κ1) is 16.7. The Morgan fingerprint density at radius 3 is 2.57 bits per heavy atom. The lowest BCUT2D eigenvalue weighted by atomic mass is 10.0. The van der Waals surface area contributed by atoms with E-state index in [1.807, 2.05) is 17.4 Å². The van der Waals surface area contributed by atoms with Gasteiger partial charge in [-0.3, -0.25) is 0 Å². The Balaban J connectivity index is 2.18. The molecule has 1 atom stereocenters. The van der Waals surface area contributed by atoms with Gasteiger partial charge in [-0.25, -0.2) is 4.39 Å². The van der Waals surface area contributed by atoms with Crippen LogP contribution >= 0.6 is 27.3 Å². The average molecular weight is 370 g/mol. The number of rotatable bonds is 7. The fourth-order valence-corrected chi connectivity index (χ4v) is 3.53. The minimum atomic E-state index is -0.198. The summed E-state index contributed by atoms with van der Waals surface area (Å²) in [7, 11) is 0. The molecule has 0 fully saturated rings. The maximum absolute atomic E-state index is 13.8. The molecule has 2 aromatic rings. The van der Waals surface area contributed by atoms with Crippen LogP contribution in [0.25, 0.3) is 0 Å². The predicted octanol–water partition coefficient (Wildman–Crippen LogP) is 5.50. The Labute approximate surface area is 138 Å². The van der Waals surface area contributed by atoms with Crippen LogP contribution in [0.3, 0.4) is 0 Å². The summed E-state index contributed by atoms with van der Waals surface area (Å²) in [5, 5.41) is 3.53. The van der Waals surface area contributed by atoms with Crippen LogP contribution in [0.4, 0.5) is 4.39 Å². The number of halogens is 2. The van der Waals surface area contributed by atoms with E-state index in [-0.39, 0.29) is 11.9 Å². The van der Waals surface area contributed by atoms with Gasteiger partial charge in [-0.15, -0.1) is 11.3 Å². The number of nitrogens with one attached hydrogen (secondary N) is 1. The summed E-state index contributed by atoms with van der Waals surface area (Å²) in [6.45, 7) is 5.26. The Bertz CT molecular complexity index is 582. The molecule has 114 valence electrons. The summed E-state index contributed by atoms with van der Waals surface area (Å²) in [5.74, 6) is -0.198. The van der Waals surface area contributed by atoms with E-state index in [4.69, 9.17) is 0 Å². The van der Waals surface area contributed by atoms with Gasteiger partial charge < -0.3 is 5.32 Å². The van der Waals surface area contributed by atoms with Crippen molar-refractivity contribution in [3.8, 4) is 0 Å². The van der Waals surface area contributed by atoms with Crippen molar-refractivity contribution in [3.63, 3.8) is 0 Å². The van der Waals surface area contributed by atoms with Crippen LogP contribution in [-0.2, 0) is 12.8 Å². The van der Waals surface area contributed by atoms with E-state index >= 15 is 0 Å². The van der Waals surface area contributed by atoms with Gasteiger partial charge in [0, 0.05) is 22.2 Å². The fraction of sp³-hybridized carbons (Fsp3) is 0.412. The fourth-order valence-electron chi connectivity index (χ4n) is 2.28. The molecule has 4 heteroatoms. The minimum absolute atomic E-state index is 0.163. The van der Waals surface area contributed by atoms with E-state index < -0.39 is 0 Å². The molecule has 1 heterocycles. The molecule has 1 unspecified atom stereocenters.